The topological polar surface area (TPSA) is 75.2 Å². The molecule has 0 unspecified atom stereocenters. The molecule has 1 aromatic carbocycles. The van der Waals surface area contributed by atoms with Gasteiger partial charge in [0.2, 0.25) is 5.91 Å². The summed E-state index contributed by atoms with van der Waals surface area (Å²) >= 11 is 0. The lowest BCUT2D eigenvalue weighted by molar-refractivity contribution is -0.120. The number of guanidine groups is 1. The van der Waals surface area contributed by atoms with E-state index in [0.717, 1.165) is 37.6 Å². The Morgan fingerprint density at radius 2 is 1.96 bits per heavy atom. The lowest BCUT2D eigenvalue weighted by atomic mass is 10.1. The summed E-state index contributed by atoms with van der Waals surface area (Å²) in [5.74, 6) is 1.59. The van der Waals surface area contributed by atoms with Crippen LogP contribution < -0.4 is 15.4 Å². The van der Waals surface area contributed by atoms with Gasteiger partial charge in [-0.25, -0.2) is 0 Å². The van der Waals surface area contributed by atoms with Crippen molar-refractivity contribution in [3.05, 3.63) is 30.3 Å². The smallest absolute Gasteiger partial charge is 0.239 e. The normalized spacial score (nSPS) is 15.8. The van der Waals surface area contributed by atoms with Crippen LogP contribution in [0.5, 0.6) is 5.75 Å². The number of likely N-dealkylation sites (tertiary alicyclic amines) is 1. The third-order valence-electron chi connectivity index (χ3n) is 4.03. The first-order chi connectivity index (χ1) is 12.2. The summed E-state index contributed by atoms with van der Waals surface area (Å²) in [6.45, 7) is 2.93. The maximum Gasteiger partial charge on any atom is 0.239 e. The zero-order valence-corrected chi connectivity index (χ0v) is 15.0. The second kappa shape index (κ2) is 10.6. The Morgan fingerprint density at radius 3 is 2.60 bits per heavy atom. The Bertz CT molecular complexity index is 543. The standard InChI is InChI=1S/C18H28N4O3/c1-19-18(21-14-17(23)20-10-13-24-2)22-11-8-16(9-12-22)25-15-6-4-3-5-7-15/h3-7,16H,8-14H2,1-2H3,(H,19,21)(H,20,23). The maximum atomic E-state index is 11.8. The third-order valence-corrected chi connectivity index (χ3v) is 4.03. The van der Waals surface area contributed by atoms with Crippen molar-refractivity contribution in [2.75, 3.05) is 46.9 Å². The molecule has 25 heavy (non-hydrogen) atoms. The number of amides is 1. The molecule has 1 aliphatic rings. The average Bonchev–Trinajstić information content (AvgIpc) is 2.64. The van der Waals surface area contributed by atoms with Crippen LogP contribution in [0.4, 0.5) is 0 Å². The molecule has 0 atom stereocenters. The molecule has 7 nitrogen and oxygen atoms in total. The number of ether oxygens (including phenoxy) is 2. The Labute approximate surface area is 149 Å². The van der Waals surface area contributed by atoms with E-state index in [9.17, 15) is 4.79 Å². The van der Waals surface area contributed by atoms with Gasteiger partial charge in [0.1, 0.15) is 11.9 Å². The monoisotopic (exact) mass is 348 g/mol. The highest BCUT2D eigenvalue weighted by Crippen LogP contribution is 2.18. The number of rotatable bonds is 7. The number of hydrogen-bond acceptors (Lipinski definition) is 4. The Morgan fingerprint density at radius 1 is 1.24 bits per heavy atom. The summed E-state index contributed by atoms with van der Waals surface area (Å²) in [5.41, 5.74) is 0. The van der Waals surface area contributed by atoms with Crippen molar-refractivity contribution in [3.8, 4) is 5.75 Å². The number of aliphatic imine (C=N–C) groups is 1. The van der Waals surface area contributed by atoms with Crippen molar-refractivity contribution in [2.45, 2.75) is 18.9 Å². The molecule has 1 amide bonds. The van der Waals surface area contributed by atoms with Gasteiger partial charge in [0.25, 0.3) is 0 Å². The fourth-order valence-electron chi connectivity index (χ4n) is 2.72. The van der Waals surface area contributed by atoms with E-state index < -0.39 is 0 Å². The molecular formula is C18H28N4O3. The highest BCUT2D eigenvalue weighted by molar-refractivity contribution is 5.86. The van der Waals surface area contributed by atoms with Crippen molar-refractivity contribution < 1.29 is 14.3 Å². The molecular weight excluding hydrogens is 320 g/mol. The number of para-hydroxylation sites is 1. The number of benzene rings is 1. The number of piperidine rings is 1. The molecule has 1 heterocycles. The predicted octanol–water partition coefficient (Wildman–Crippen LogP) is 0.868. The summed E-state index contributed by atoms with van der Waals surface area (Å²) in [4.78, 5) is 18.2. The van der Waals surface area contributed by atoms with Gasteiger partial charge < -0.3 is 25.0 Å². The largest absolute Gasteiger partial charge is 0.490 e. The third kappa shape index (κ3) is 6.62. The second-order valence-electron chi connectivity index (χ2n) is 5.86. The number of carbonyl (C=O) groups excluding carboxylic acids is 1. The quantitative estimate of drug-likeness (QED) is 0.434. The fraction of sp³-hybridized carbons (Fsp3) is 0.556. The molecule has 7 heteroatoms. The van der Waals surface area contributed by atoms with E-state index in [-0.39, 0.29) is 18.6 Å². The molecule has 1 saturated heterocycles. The molecule has 1 fully saturated rings. The maximum absolute atomic E-state index is 11.8. The fourth-order valence-corrected chi connectivity index (χ4v) is 2.72. The minimum Gasteiger partial charge on any atom is -0.490 e. The number of hydrogen-bond donors (Lipinski definition) is 2. The van der Waals surface area contributed by atoms with Gasteiger partial charge in [0.05, 0.1) is 13.2 Å². The molecule has 2 rings (SSSR count). The van der Waals surface area contributed by atoms with E-state index in [2.05, 4.69) is 20.5 Å². The first kappa shape index (κ1) is 19.1. The van der Waals surface area contributed by atoms with Gasteiger partial charge in [-0.3, -0.25) is 9.79 Å². The number of methoxy groups -OCH3 is 1. The first-order valence-electron chi connectivity index (χ1n) is 8.66. The van der Waals surface area contributed by atoms with Crippen molar-refractivity contribution in [2.24, 2.45) is 4.99 Å². The van der Waals surface area contributed by atoms with E-state index in [4.69, 9.17) is 9.47 Å². The van der Waals surface area contributed by atoms with Gasteiger partial charge in [-0.05, 0) is 12.1 Å². The van der Waals surface area contributed by atoms with Crippen molar-refractivity contribution >= 4 is 11.9 Å². The minimum absolute atomic E-state index is 0.0690. The number of nitrogens with zero attached hydrogens (tertiary/aromatic N) is 2. The Hall–Kier alpha value is -2.28. The SMILES string of the molecule is CN=C(NCC(=O)NCCOC)N1CCC(Oc2ccccc2)CC1. The zero-order valence-electron chi connectivity index (χ0n) is 15.0. The van der Waals surface area contributed by atoms with Crippen molar-refractivity contribution in [3.63, 3.8) is 0 Å². The molecule has 138 valence electrons. The van der Waals surface area contributed by atoms with Gasteiger partial charge >= 0.3 is 0 Å². The Kier molecular flexibility index (Phi) is 8.04. The van der Waals surface area contributed by atoms with Crippen LogP contribution >= 0.6 is 0 Å². The molecule has 0 aliphatic carbocycles. The second-order valence-corrected chi connectivity index (χ2v) is 5.86. The Balaban J connectivity index is 1.71. The van der Waals surface area contributed by atoms with Crippen LogP contribution in [0.15, 0.2) is 35.3 Å². The molecule has 1 aliphatic heterocycles. The highest BCUT2D eigenvalue weighted by Gasteiger charge is 2.22. The van der Waals surface area contributed by atoms with Crippen LogP contribution in [-0.4, -0.2) is 69.8 Å². The predicted molar refractivity (Wildman–Crippen MR) is 97.9 cm³/mol. The summed E-state index contributed by atoms with van der Waals surface area (Å²) in [5, 5.41) is 5.89. The molecule has 0 radical (unpaired) electrons. The number of nitrogens with one attached hydrogen (secondary N) is 2. The minimum atomic E-state index is -0.0690. The average molecular weight is 348 g/mol. The molecule has 0 saturated carbocycles. The molecule has 2 N–H and O–H groups in total. The van der Waals surface area contributed by atoms with Crippen molar-refractivity contribution in [1.82, 2.24) is 15.5 Å². The van der Waals surface area contributed by atoms with Gasteiger partial charge in [-0.15, -0.1) is 0 Å². The van der Waals surface area contributed by atoms with Crippen LogP contribution in [0.1, 0.15) is 12.8 Å². The van der Waals surface area contributed by atoms with Crippen LogP contribution in [0.25, 0.3) is 0 Å². The van der Waals surface area contributed by atoms with E-state index in [1.807, 2.05) is 30.3 Å². The van der Waals surface area contributed by atoms with Gasteiger partial charge in [0.15, 0.2) is 5.96 Å². The summed E-state index contributed by atoms with van der Waals surface area (Å²) < 4.78 is 10.9. The highest BCUT2D eigenvalue weighted by atomic mass is 16.5. The van der Waals surface area contributed by atoms with Crippen LogP contribution in [0, 0.1) is 0 Å². The lowest BCUT2D eigenvalue weighted by Crippen LogP contribution is -2.49. The first-order valence-corrected chi connectivity index (χ1v) is 8.66. The van der Waals surface area contributed by atoms with E-state index in [0.29, 0.717) is 13.2 Å². The van der Waals surface area contributed by atoms with Crippen LogP contribution in [-0.2, 0) is 9.53 Å². The van der Waals surface area contributed by atoms with Gasteiger partial charge in [0, 0.05) is 46.6 Å². The van der Waals surface area contributed by atoms with Gasteiger partial charge in [-0.2, -0.15) is 0 Å². The lowest BCUT2D eigenvalue weighted by Gasteiger charge is -2.34. The van der Waals surface area contributed by atoms with Crippen LogP contribution in [0.3, 0.4) is 0 Å². The number of carbonyl (C=O) groups is 1. The van der Waals surface area contributed by atoms with E-state index in [1.165, 1.54) is 0 Å². The van der Waals surface area contributed by atoms with Gasteiger partial charge in [-0.1, -0.05) is 18.2 Å². The summed E-state index contributed by atoms with van der Waals surface area (Å²) in [6.07, 6.45) is 2.07. The zero-order chi connectivity index (χ0) is 17.9. The van der Waals surface area contributed by atoms with Crippen LogP contribution in [0.2, 0.25) is 0 Å². The molecule has 0 spiro atoms. The molecule has 1 aromatic rings. The van der Waals surface area contributed by atoms with E-state index >= 15 is 0 Å². The molecule has 0 aromatic heterocycles. The molecule has 0 bridgehead atoms. The van der Waals surface area contributed by atoms with E-state index in [1.54, 1.807) is 14.2 Å². The summed E-state index contributed by atoms with van der Waals surface area (Å²) in [6, 6.07) is 9.91. The summed E-state index contributed by atoms with van der Waals surface area (Å²) in [7, 11) is 3.34. The van der Waals surface area contributed by atoms with Crippen molar-refractivity contribution in [1.29, 1.82) is 0 Å².